The zero-order chi connectivity index (χ0) is 20.1. The molecule has 0 unspecified atom stereocenters. The minimum absolute atomic E-state index is 0.0423. The van der Waals surface area contributed by atoms with Gasteiger partial charge in [-0.2, -0.15) is 0 Å². The lowest BCUT2D eigenvalue weighted by molar-refractivity contribution is -0.115. The molecule has 0 aliphatic carbocycles. The molecule has 2 N–H and O–H groups in total. The van der Waals surface area contributed by atoms with Gasteiger partial charge in [0.25, 0.3) is 0 Å². The molecule has 5 heteroatoms. The molecule has 148 valence electrons. The van der Waals surface area contributed by atoms with Crippen LogP contribution in [0, 0.1) is 6.92 Å². The van der Waals surface area contributed by atoms with Crippen molar-refractivity contribution in [2.24, 2.45) is 0 Å². The summed E-state index contributed by atoms with van der Waals surface area (Å²) in [7, 11) is 0. The fourth-order valence-electron chi connectivity index (χ4n) is 3.61. The molecular weight excluding hydrogens is 360 g/mol. The van der Waals surface area contributed by atoms with E-state index in [0.29, 0.717) is 12.1 Å². The average molecular weight is 386 g/mol. The summed E-state index contributed by atoms with van der Waals surface area (Å²) in [6, 6.07) is 20.1. The number of carbonyl (C=O) groups is 1. The summed E-state index contributed by atoms with van der Waals surface area (Å²) in [6.45, 7) is 4.30. The molecule has 29 heavy (non-hydrogen) atoms. The highest BCUT2D eigenvalue weighted by atomic mass is 16.1. The van der Waals surface area contributed by atoms with Crippen LogP contribution in [0.25, 0.3) is 0 Å². The van der Waals surface area contributed by atoms with Gasteiger partial charge in [-0.25, -0.2) is 4.98 Å². The second kappa shape index (κ2) is 8.78. The molecule has 0 bridgehead atoms. The summed E-state index contributed by atoms with van der Waals surface area (Å²) in [6.07, 6.45) is 4.59. The lowest BCUT2D eigenvalue weighted by Crippen LogP contribution is -2.17. The second-order valence-corrected chi connectivity index (χ2v) is 7.45. The molecule has 0 radical (unpaired) electrons. The Balaban J connectivity index is 1.33. The van der Waals surface area contributed by atoms with Gasteiger partial charge in [0.05, 0.1) is 18.3 Å². The first-order chi connectivity index (χ1) is 14.2. The molecule has 1 aliphatic rings. The van der Waals surface area contributed by atoms with Crippen molar-refractivity contribution in [3.63, 3.8) is 0 Å². The van der Waals surface area contributed by atoms with E-state index in [0.717, 1.165) is 35.7 Å². The van der Waals surface area contributed by atoms with E-state index in [-0.39, 0.29) is 5.91 Å². The van der Waals surface area contributed by atoms with Crippen LogP contribution in [-0.4, -0.2) is 24.0 Å². The molecule has 0 spiro atoms. The van der Waals surface area contributed by atoms with Crippen molar-refractivity contribution in [2.75, 3.05) is 28.6 Å². The number of hydrogen-bond donors (Lipinski definition) is 2. The fraction of sp³-hybridized carbons (Fsp3) is 0.250. The number of anilines is 4. The van der Waals surface area contributed by atoms with E-state index < -0.39 is 0 Å². The third-order valence-electron chi connectivity index (χ3n) is 5.27. The highest BCUT2D eigenvalue weighted by molar-refractivity contribution is 5.92. The zero-order valence-electron chi connectivity index (χ0n) is 16.7. The number of pyridine rings is 1. The van der Waals surface area contributed by atoms with Crippen molar-refractivity contribution < 1.29 is 4.79 Å². The Morgan fingerprint density at radius 3 is 2.38 bits per heavy atom. The summed E-state index contributed by atoms with van der Waals surface area (Å²) in [5.41, 5.74) is 5.12. The Kier molecular flexibility index (Phi) is 5.75. The van der Waals surface area contributed by atoms with Crippen LogP contribution in [0.4, 0.5) is 22.9 Å². The van der Waals surface area contributed by atoms with Crippen molar-refractivity contribution in [1.29, 1.82) is 0 Å². The number of carbonyl (C=O) groups excluding carboxylic acids is 1. The fourth-order valence-corrected chi connectivity index (χ4v) is 3.61. The Morgan fingerprint density at radius 2 is 1.69 bits per heavy atom. The number of rotatable bonds is 6. The van der Waals surface area contributed by atoms with Crippen LogP contribution in [0.3, 0.4) is 0 Å². The van der Waals surface area contributed by atoms with Crippen LogP contribution in [-0.2, 0) is 11.2 Å². The number of benzene rings is 2. The summed E-state index contributed by atoms with van der Waals surface area (Å²) >= 11 is 0. The first-order valence-electron chi connectivity index (χ1n) is 10.1. The monoisotopic (exact) mass is 386 g/mol. The maximum absolute atomic E-state index is 12.3. The van der Waals surface area contributed by atoms with Crippen LogP contribution >= 0.6 is 0 Å². The molecule has 0 saturated carbocycles. The number of nitrogens with one attached hydrogen (secondary N) is 2. The van der Waals surface area contributed by atoms with Gasteiger partial charge in [-0.1, -0.05) is 24.3 Å². The van der Waals surface area contributed by atoms with Gasteiger partial charge in [-0.05, 0) is 67.3 Å². The van der Waals surface area contributed by atoms with Gasteiger partial charge >= 0.3 is 0 Å². The van der Waals surface area contributed by atoms with Crippen LogP contribution in [0.5, 0.6) is 0 Å². The van der Waals surface area contributed by atoms with Crippen LogP contribution in [0.15, 0.2) is 66.9 Å². The van der Waals surface area contributed by atoms with Gasteiger partial charge in [0.2, 0.25) is 5.91 Å². The van der Waals surface area contributed by atoms with Gasteiger partial charge < -0.3 is 15.5 Å². The van der Waals surface area contributed by atoms with Crippen molar-refractivity contribution in [3.8, 4) is 0 Å². The van der Waals surface area contributed by atoms with Gasteiger partial charge in [0.1, 0.15) is 5.82 Å². The summed E-state index contributed by atoms with van der Waals surface area (Å²) in [5, 5.41) is 6.22. The molecule has 2 heterocycles. The molecular formula is C24H26N4O. The first kappa shape index (κ1) is 19.0. The number of amides is 1. The van der Waals surface area contributed by atoms with E-state index in [1.165, 1.54) is 18.5 Å². The standard InChI is InChI=1S/C24H26N4O/c1-18-6-2-3-7-19(18)16-24(29)27-21-10-13-23(25-17-21)26-20-8-11-22(12-9-20)28-14-4-5-15-28/h2-3,6-13,17H,4-5,14-16H2,1H3,(H,25,26)(H,27,29). The Bertz CT molecular complexity index is 961. The van der Waals surface area contributed by atoms with Gasteiger partial charge in [0.15, 0.2) is 0 Å². The van der Waals surface area contributed by atoms with Crippen LogP contribution < -0.4 is 15.5 Å². The number of hydrogen-bond acceptors (Lipinski definition) is 4. The average Bonchev–Trinajstić information content (AvgIpc) is 3.27. The summed E-state index contributed by atoms with van der Waals surface area (Å²) < 4.78 is 0. The van der Waals surface area contributed by atoms with Gasteiger partial charge in [-0.3, -0.25) is 4.79 Å². The van der Waals surface area contributed by atoms with E-state index in [1.807, 2.05) is 43.3 Å². The molecule has 1 amide bonds. The Hall–Kier alpha value is -3.34. The summed E-state index contributed by atoms with van der Waals surface area (Å²) in [5.74, 6) is 0.704. The highest BCUT2D eigenvalue weighted by Crippen LogP contribution is 2.23. The normalized spacial score (nSPS) is 13.3. The largest absolute Gasteiger partial charge is 0.372 e. The lowest BCUT2D eigenvalue weighted by Gasteiger charge is -2.17. The molecule has 1 aliphatic heterocycles. The molecule has 5 nitrogen and oxygen atoms in total. The SMILES string of the molecule is Cc1ccccc1CC(=O)Nc1ccc(Nc2ccc(N3CCCC3)cc2)nc1. The van der Waals surface area contributed by atoms with Crippen molar-refractivity contribution in [3.05, 3.63) is 78.0 Å². The van der Waals surface area contributed by atoms with Crippen LogP contribution in [0.1, 0.15) is 24.0 Å². The molecule has 1 fully saturated rings. The number of aromatic nitrogens is 1. The summed E-state index contributed by atoms with van der Waals surface area (Å²) in [4.78, 5) is 19.1. The van der Waals surface area contributed by atoms with Crippen molar-refractivity contribution in [1.82, 2.24) is 4.98 Å². The molecule has 1 saturated heterocycles. The predicted molar refractivity (Wildman–Crippen MR) is 119 cm³/mol. The second-order valence-electron chi connectivity index (χ2n) is 7.45. The van der Waals surface area contributed by atoms with E-state index >= 15 is 0 Å². The quantitative estimate of drug-likeness (QED) is 0.632. The minimum Gasteiger partial charge on any atom is -0.372 e. The molecule has 1 aromatic heterocycles. The van der Waals surface area contributed by atoms with Gasteiger partial charge in [0, 0.05) is 24.5 Å². The topological polar surface area (TPSA) is 57.3 Å². The van der Waals surface area contributed by atoms with E-state index in [1.54, 1.807) is 6.20 Å². The Morgan fingerprint density at radius 1 is 0.966 bits per heavy atom. The zero-order valence-corrected chi connectivity index (χ0v) is 16.7. The van der Waals surface area contributed by atoms with E-state index in [4.69, 9.17) is 0 Å². The maximum Gasteiger partial charge on any atom is 0.228 e. The van der Waals surface area contributed by atoms with E-state index in [2.05, 4.69) is 44.8 Å². The van der Waals surface area contributed by atoms with E-state index in [9.17, 15) is 4.79 Å². The number of nitrogens with zero attached hydrogens (tertiary/aromatic N) is 2. The predicted octanol–water partition coefficient (Wildman–Crippen LogP) is 4.92. The van der Waals surface area contributed by atoms with Crippen LogP contribution in [0.2, 0.25) is 0 Å². The lowest BCUT2D eigenvalue weighted by atomic mass is 10.1. The molecule has 4 rings (SSSR count). The highest BCUT2D eigenvalue weighted by Gasteiger charge is 2.12. The number of aryl methyl sites for hydroxylation is 1. The minimum atomic E-state index is -0.0423. The maximum atomic E-state index is 12.3. The van der Waals surface area contributed by atoms with Crippen molar-refractivity contribution in [2.45, 2.75) is 26.2 Å². The third-order valence-corrected chi connectivity index (χ3v) is 5.27. The van der Waals surface area contributed by atoms with Gasteiger partial charge in [-0.15, -0.1) is 0 Å². The third kappa shape index (κ3) is 4.93. The molecule has 3 aromatic rings. The first-order valence-corrected chi connectivity index (χ1v) is 10.1. The Labute approximate surface area is 171 Å². The molecule has 2 aromatic carbocycles. The molecule has 0 atom stereocenters. The smallest absolute Gasteiger partial charge is 0.228 e. The van der Waals surface area contributed by atoms with Crippen molar-refractivity contribution >= 4 is 28.8 Å².